The third kappa shape index (κ3) is 3.02. The number of anilines is 1. The molecule has 96 valence electrons. The summed E-state index contributed by atoms with van der Waals surface area (Å²) in [5.41, 5.74) is 1.98. The third-order valence-electron chi connectivity index (χ3n) is 2.58. The molecule has 0 saturated carbocycles. The molecule has 1 N–H and O–H groups in total. The van der Waals surface area contributed by atoms with Crippen LogP contribution >= 0.6 is 27.3 Å². The van der Waals surface area contributed by atoms with Crippen molar-refractivity contribution in [2.24, 2.45) is 0 Å². The molecular weight excluding hydrogens is 326 g/mol. The summed E-state index contributed by atoms with van der Waals surface area (Å²) >= 11 is 5.18. The first kappa shape index (κ1) is 12.4. The number of halogens is 1. The average Bonchev–Trinajstić information content (AvgIpc) is 3.08. The van der Waals surface area contributed by atoms with Crippen molar-refractivity contribution in [1.82, 2.24) is 10.2 Å². The summed E-state index contributed by atoms with van der Waals surface area (Å²) in [5, 5.41) is 13.0. The van der Waals surface area contributed by atoms with Crippen LogP contribution in [0.1, 0.15) is 4.88 Å². The zero-order chi connectivity index (χ0) is 13.1. The molecule has 6 heteroatoms. The molecule has 19 heavy (non-hydrogen) atoms. The van der Waals surface area contributed by atoms with Crippen LogP contribution in [0.25, 0.3) is 11.5 Å². The second kappa shape index (κ2) is 5.54. The molecule has 1 aromatic carbocycles. The molecule has 0 radical (unpaired) electrons. The summed E-state index contributed by atoms with van der Waals surface area (Å²) in [7, 11) is 0. The number of hydrogen-bond acceptors (Lipinski definition) is 5. The van der Waals surface area contributed by atoms with Crippen LogP contribution in [-0.4, -0.2) is 10.2 Å². The number of nitrogens with one attached hydrogen (secondary N) is 1. The van der Waals surface area contributed by atoms with Crippen molar-refractivity contribution in [3.63, 3.8) is 0 Å². The highest BCUT2D eigenvalue weighted by molar-refractivity contribution is 9.10. The quantitative estimate of drug-likeness (QED) is 0.777. The Labute approximate surface area is 122 Å². The lowest BCUT2D eigenvalue weighted by atomic mass is 10.2. The van der Waals surface area contributed by atoms with Crippen LogP contribution in [-0.2, 0) is 6.54 Å². The van der Waals surface area contributed by atoms with Gasteiger partial charge < -0.3 is 9.73 Å². The molecule has 4 nitrogen and oxygen atoms in total. The fourth-order valence-corrected chi connectivity index (χ4v) is 3.06. The Morgan fingerprint density at radius 3 is 2.74 bits per heavy atom. The van der Waals surface area contributed by atoms with Crippen molar-refractivity contribution < 1.29 is 4.42 Å². The summed E-state index contributed by atoms with van der Waals surface area (Å²) in [6.07, 6.45) is 1.33. The van der Waals surface area contributed by atoms with Crippen LogP contribution in [0.4, 0.5) is 5.69 Å². The minimum Gasteiger partial charge on any atom is -0.423 e. The highest BCUT2D eigenvalue weighted by atomic mass is 79.9. The summed E-state index contributed by atoms with van der Waals surface area (Å²) < 4.78 is 6.27. The van der Waals surface area contributed by atoms with Gasteiger partial charge in [-0.1, -0.05) is 0 Å². The first-order valence-electron chi connectivity index (χ1n) is 5.64. The molecule has 0 fully saturated rings. The molecule has 2 aromatic heterocycles. The van der Waals surface area contributed by atoms with Gasteiger partial charge in [0.05, 0.1) is 0 Å². The predicted octanol–water partition coefficient (Wildman–Crippen LogP) is 4.17. The molecule has 0 saturated heterocycles. The van der Waals surface area contributed by atoms with E-state index in [0.29, 0.717) is 5.89 Å². The van der Waals surface area contributed by atoms with Crippen LogP contribution in [0.2, 0.25) is 0 Å². The second-order valence-corrected chi connectivity index (χ2v) is 5.82. The largest absolute Gasteiger partial charge is 0.423 e. The van der Waals surface area contributed by atoms with E-state index in [2.05, 4.69) is 42.9 Å². The van der Waals surface area contributed by atoms with Crippen molar-refractivity contribution in [2.75, 3.05) is 5.32 Å². The highest BCUT2D eigenvalue weighted by Crippen LogP contribution is 2.22. The smallest absolute Gasteiger partial charge is 0.247 e. The molecule has 0 unspecified atom stereocenters. The van der Waals surface area contributed by atoms with Gasteiger partial charge in [-0.05, 0) is 46.3 Å². The highest BCUT2D eigenvalue weighted by Gasteiger charge is 2.03. The van der Waals surface area contributed by atoms with E-state index in [-0.39, 0.29) is 0 Å². The van der Waals surface area contributed by atoms with E-state index < -0.39 is 0 Å². The van der Waals surface area contributed by atoms with E-state index in [1.807, 2.05) is 24.3 Å². The average molecular weight is 336 g/mol. The van der Waals surface area contributed by atoms with Crippen LogP contribution in [0.5, 0.6) is 0 Å². The molecule has 0 aliphatic heterocycles. The van der Waals surface area contributed by atoms with Crippen molar-refractivity contribution in [2.45, 2.75) is 6.54 Å². The molecule has 0 atom stereocenters. The minimum atomic E-state index is 0.536. The maximum absolute atomic E-state index is 5.15. The lowest BCUT2D eigenvalue weighted by molar-refractivity contribution is 0.568. The number of hydrogen-bond donors (Lipinski definition) is 1. The fraction of sp³-hybridized carbons (Fsp3) is 0.0769. The van der Waals surface area contributed by atoms with Gasteiger partial charge in [-0.2, -0.15) is 0 Å². The van der Waals surface area contributed by atoms with Crippen molar-refractivity contribution in [3.05, 3.63) is 51.5 Å². The Morgan fingerprint density at radius 2 is 2.11 bits per heavy atom. The van der Waals surface area contributed by atoms with Crippen LogP contribution < -0.4 is 5.32 Å². The lowest BCUT2D eigenvalue weighted by Gasteiger charge is -2.04. The standard InChI is InChI=1S/C13H10BrN3OS/c14-10-5-12(19-7-10)6-15-11-3-1-9(2-4-11)13-17-16-8-18-13/h1-5,7-8,15H,6H2. The molecule has 0 aliphatic carbocycles. The Bertz CT molecular complexity index is 649. The number of aromatic nitrogens is 2. The Kier molecular flexibility index (Phi) is 3.61. The summed E-state index contributed by atoms with van der Waals surface area (Å²) in [6.45, 7) is 0.816. The summed E-state index contributed by atoms with van der Waals surface area (Å²) in [5.74, 6) is 0.536. The van der Waals surface area contributed by atoms with Crippen LogP contribution in [0, 0.1) is 0 Å². The fourth-order valence-electron chi connectivity index (χ4n) is 1.67. The monoisotopic (exact) mass is 335 g/mol. The van der Waals surface area contributed by atoms with Gasteiger partial charge in [0.1, 0.15) is 0 Å². The molecule has 3 rings (SSSR count). The van der Waals surface area contributed by atoms with Crippen LogP contribution in [0.3, 0.4) is 0 Å². The SMILES string of the molecule is Brc1csc(CNc2ccc(-c3nnco3)cc2)c1. The number of benzene rings is 1. The van der Waals surface area contributed by atoms with Gasteiger partial charge in [-0.15, -0.1) is 21.5 Å². The number of thiophene rings is 1. The molecule has 0 bridgehead atoms. The maximum Gasteiger partial charge on any atom is 0.247 e. The van der Waals surface area contributed by atoms with Crippen molar-refractivity contribution in [1.29, 1.82) is 0 Å². The molecule has 0 amide bonds. The first-order chi connectivity index (χ1) is 9.31. The third-order valence-corrected chi connectivity index (χ3v) is 4.28. The van der Waals surface area contributed by atoms with E-state index in [9.17, 15) is 0 Å². The topological polar surface area (TPSA) is 51.0 Å². The summed E-state index contributed by atoms with van der Waals surface area (Å²) in [6, 6.07) is 10.0. The zero-order valence-electron chi connectivity index (χ0n) is 9.84. The van der Waals surface area contributed by atoms with E-state index in [4.69, 9.17) is 4.42 Å². The van der Waals surface area contributed by atoms with Crippen molar-refractivity contribution in [3.8, 4) is 11.5 Å². The molecule has 3 aromatic rings. The van der Waals surface area contributed by atoms with E-state index in [0.717, 1.165) is 22.3 Å². The van der Waals surface area contributed by atoms with Gasteiger partial charge in [0.15, 0.2) is 0 Å². The van der Waals surface area contributed by atoms with Crippen molar-refractivity contribution >= 4 is 33.0 Å². The van der Waals surface area contributed by atoms with Gasteiger partial charge in [0.2, 0.25) is 12.3 Å². The Morgan fingerprint density at radius 1 is 1.26 bits per heavy atom. The second-order valence-electron chi connectivity index (χ2n) is 3.91. The minimum absolute atomic E-state index is 0.536. The maximum atomic E-state index is 5.15. The summed E-state index contributed by atoms with van der Waals surface area (Å²) in [4.78, 5) is 1.29. The first-order valence-corrected chi connectivity index (χ1v) is 7.32. The van der Waals surface area contributed by atoms with Gasteiger partial charge in [-0.3, -0.25) is 0 Å². The number of rotatable bonds is 4. The number of nitrogens with zero attached hydrogens (tertiary/aromatic N) is 2. The van der Waals surface area contributed by atoms with E-state index in [1.54, 1.807) is 11.3 Å². The Balaban J connectivity index is 1.66. The molecule has 0 aliphatic rings. The van der Waals surface area contributed by atoms with Gasteiger partial charge in [0.25, 0.3) is 0 Å². The molecular formula is C13H10BrN3OS. The van der Waals surface area contributed by atoms with Crippen LogP contribution in [0.15, 0.2) is 51.0 Å². The zero-order valence-corrected chi connectivity index (χ0v) is 12.2. The van der Waals surface area contributed by atoms with E-state index >= 15 is 0 Å². The predicted molar refractivity (Wildman–Crippen MR) is 79.1 cm³/mol. The molecule has 0 spiro atoms. The van der Waals surface area contributed by atoms with Gasteiger partial charge in [-0.25, -0.2) is 0 Å². The Hall–Kier alpha value is -1.66. The normalized spacial score (nSPS) is 10.6. The lowest BCUT2D eigenvalue weighted by Crippen LogP contribution is -1.96. The van der Waals surface area contributed by atoms with E-state index in [1.165, 1.54) is 11.3 Å². The van der Waals surface area contributed by atoms with Gasteiger partial charge in [0, 0.05) is 32.5 Å². The molecule has 2 heterocycles. The van der Waals surface area contributed by atoms with Gasteiger partial charge >= 0.3 is 0 Å².